The van der Waals surface area contributed by atoms with Crippen molar-refractivity contribution in [1.29, 1.82) is 0 Å². The van der Waals surface area contributed by atoms with Gasteiger partial charge in [0.15, 0.2) is 0 Å². The van der Waals surface area contributed by atoms with E-state index in [2.05, 4.69) is 9.89 Å². The highest BCUT2D eigenvalue weighted by molar-refractivity contribution is 5.95. The predicted octanol–water partition coefficient (Wildman–Crippen LogP) is 0.492. The quantitative estimate of drug-likeness (QED) is 0.784. The van der Waals surface area contributed by atoms with E-state index in [9.17, 15) is 9.90 Å². The van der Waals surface area contributed by atoms with Gasteiger partial charge in [-0.1, -0.05) is 35.5 Å². The van der Waals surface area contributed by atoms with Crippen LogP contribution < -0.4 is 0 Å². The fourth-order valence-electron chi connectivity index (χ4n) is 1.66. The first-order valence-corrected chi connectivity index (χ1v) is 5.82. The molecule has 0 saturated heterocycles. The molecule has 0 aromatic heterocycles. The van der Waals surface area contributed by atoms with Crippen LogP contribution in [-0.4, -0.2) is 42.7 Å². The highest BCUT2D eigenvalue weighted by Crippen LogP contribution is 2.13. The maximum Gasteiger partial charge on any atom is 0.353 e. The molecule has 0 amide bonds. The van der Waals surface area contributed by atoms with Crippen molar-refractivity contribution in [3.63, 3.8) is 0 Å². The van der Waals surface area contributed by atoms with Crippen molar-refractivity contribution in [2.24, 2.45) is 5.16 Å². The van der Waals surface area contributed by atoms with Crippen LogP contribution in [-0.2, 0) is 25.7 Å². The normalized spacial score (nSPS) is 21.7. The van der Waals surface area contributed by atoms with Crippen molar-refractivity contribution >= 4 is 11.7 Å². The van der Waals surface area contributed by atoms with Gasteiger partial charge in [0.05, 0.1) is 20.3 Å². The van der Waals surface area contributed by atoms with Crippen LogP contribution in [0.15, 0.2) is 35.5 Å². The molecule has 2 atom stereocenters. The van der Waals surface area contributed by atoms with Crippen molar-refractivity contribution in [2.45, 2.75) is 18.8 Å². The number of oxime groups is 1. The predicted molar refractivity (Wildman–Crippen MR) is 66.4 cm³/mol. The number of hydrogen-bond donors (Lipinski definition) is 1. The van der Waals surface area contributed by atoms with Gasteiger partial charge in [0.25, 0.3) is 6.10 Å². The zero-order valence-corrected chi connectivity index (χ0v) is 10.5. The van der Waals surface area contributed by atoms with E-state index in [1.54, 1.807) is 0 Å². The maximum atomic E-state index is 11.2. The second kappa shape index (κ2) is 6.31. The van der Waals surface area contributed by atoms with Crippen LogP contribution in [0.4, 0.5) is 0 Å². The van der Waals surface area contributed by atoms with E-state index < -0.39 is 18.2 Å². The molecule has 1 N–H and O–H groups in total. The molecule has 1 aliphatic heterocycles. The third-order valence-corrected chi connectivity index (χ3v) is 2.71. The highest BCUT2D eigenvalue weighted by Gasteiger charge is 2.38. The summed E-state index contributed by atoms with van der Waals surface area (Å²) in [7, 11) is 1.22. The van der Waals surface area contributed by atoms with E-state index in [0.717, 1.165) is 5.56 Å². The minimum atomic E-state index is -1.12. The zero-order chi connectivity index (χ0) is 13.7. The third kappa shape index (κ3) is 3.30. The first kappa shape index (κ1) is 13.5. The summed E-state index contributed by atoms with van der Waals surface area (Å²) < 4.78 is 9.90. The molecular formula is C13H15NO5. The lowest BCUT2D eigenvalue weighted by molar-refractivity contribution is -0.156. The number of benzene rings is 1. The monoisotopic (exact) mass is 265 g/mol. The van der Waals surface area contributed by atoms with E-state index >= 15 is 0 Å². The number of carbonyl (C=O) groups excluding carboxylic acids is 1. The van der Waals surface area contributed by atoms with E-state index in [-0.39, 0.29) is 12.3 Å². The number of esters is 1. The van der Waals surface area contributed by atoms with Gasteiger partial charge in [-0.25, -0.2) is 4.79 Å². The summed E-state index contributed by atoms with van der Waals surface area (Å²) in [5, 5.41) is 13.4. The smallest absolute Gasteiger partial charge is 0.353 e. The lowest BCUT2D eigenvalue weighted by Crippen LogP contribution is -2.38. The Morgan fingerprint density at radius 1 is 1.37 bits per heavy atom. The second-order valence-corrected chi connectivity index (χ2v) is 4.06. The lowest BCUT2D eigenvalue weighted by Gasteiger charge is -2.11. The van der Waals surface area contributed by atoms with Gasteiger partial charge in [0.1, 0.15) is 11.8 Å². The number of rotatable bonds is 5. The van der Waals surface area contributed by atoms with Crippen molar-refractivity contribution < 1.29 is 24.2 Å². The van der Waals surface area contributed by atoms with Crippen LogP contribution in [0.2, 0.25) is 0 Å². The Morgan fingerprint density at radius 2 is 2.11 bits per heavy atom. The number of carbonyl (C=O) groups is 1. The highest BCUT2D eigenvalue weighted by atomic mass is 16.7. The van der Waals surface area contributed by atoms with Gasteiger partial charge in [-0.15, -0.1) is 0 Å². The molecule has 102 valence electrons. The van der Waals surface area contributed by atoms with Gasteiger partial charge in [0.2, 0.25) is 0 Å². The largest absolute Gasteiger partial charge is 0.466 e. The maximum absolute atomic E-state index is 11.2. The van der Waals surface area contributed by atoms with Gasteiger partial charge >= 0.3 is 5.97 Å². The van der Waals surface area contributed by atoms with Crippen molar-refractivity contribution in [1.82, 2.24) is 0 Å². The minimum absolute atomic E-state index is 0.101. The standard InChI is InChI=1S/C13H15NO5/c1-17-13(16)12-11(15)10(14-19-12)8-18-7-9-5-3-2-4-6-9/h2-6,11-12,15H,7-8H2,1H3/t11-,12-/m1/s1. The van der Waals surface area contributed by atoms with Crippen molar-refractivity contribution in [3.05, 3.63) is 35.9 Å². The van der Waals surface area contributed by atoms with Crippen LogP contribution in [0.1, 0.15) is 5.56 Å². The lowest BCUT2D eigenvalue weighted by atomic mass is 10.1. The third-order valence-electron chi connectivity index (χ3n) is 2.71. The molecule has 0 bridgehead atoms. The fourth-order valence-corrected chi connectivity index (χ4v) is 1.66. The van der Waals surface area contributed by atoms with E-state index in [1.165, 1.54) is 7.11 Å². The molecule has 1 aromatic rings. The van der Waals surface area contributed by atoms with Gasteiger partial charge in [-0.3, -0.25) is 0 Å². The first-order chi connectivity index (χ1) is 9.22. The Labute approximate surface area is 110 Å². The van der Waals surface area contributed by atoms with Crippen LogP contribution >= 0.6 is 0 Å². The summed E-state index contributed by atoms with van der Waals surface area (Å²) in [4.78, 5) is 16.1. The van der Waals surface area contributed by atoms with Gasteiger partial charge in [0, 0.05) is 0 Å². The van der Waals surface area contributed by atoms with E-state index in [0.29, 0.717) is 6.61 Å². The molecule has 0 aliphatic carbocycles. The number of aliphatic hydroxyl groups excluding tert-OH is 1. The minimum Gasteiger partial charge on any atom is -0.466 e. The number of methoxy groups -OCH3 is 1. The van der Waals surface area contributed by atoms with Crippen LogP contribution in [0.3, 0.4) is 0 Å². The van der Waals surface area contributed by atoms with Gasteiger partial charge < -0.3 is 19.4 Å². The molecule has 0 radical (unpaired) electrons. The molecule has 1 aromatic carbocycles. The van der Waals surface area contributed by atoms with Gasteiger partial charge in [-0.05, 0) is 5.56 Å². The molecule has 1 aliphatic rings. The summed E-state index contributed by atoms with van der Waals surface area (Å²) in [6, 6.07) is 9.61. The fraction of sp³-hybridized carbons (Fsp3) is 0.385. The molecule has 6 nitrogen and oxygen atoms in total. The molecular weight excluding hydrogens is 250 g/mol. The zero-order valence-electron chi connectivity index (χ0n) is 10.5. The molecule has 0 spiro atoms. The van der Waals surface area contributed by atoms with Crippen LogP contribution in [0.5, 0.6) is 0 Å². The molecule has 0 unspecified atom stereocenters. The number of hydrogen-bond acceptors (Lipinski definition) is 6. The van der Waals surface area contributed by atoms with E-state index in [1.807, 2.05) is 30.3 Å². The summed E-state index contributed by atoms with van der Waals surface area (Å²) in [5.74, 6) is -0.658. The number of aliphatic hydroxyl groups is 1. The number of ether oxygens (including phenoxy) is 2. The Morgan fingerprint density at radius 3 is 2.79 bits per heavy atom. The molecule has 6 heteroatoms. The molecule has 0 fully saturated rings. The SMILES string of the molecule is COC(=O)[C@@H]1ON=C(COCc2ccccc2)[C@H]1O. The molecule has 0 saturated carbocycles. The second-order valence-electron chi connectivity index (χ2n) is 4.06. The Kier molecular flexibility index (Phi) is 4.48. The molecule has 2 rings (SSSR count). The average molecular weight is 265 g/mol. The summed E-state index contributed by atoms with van der Waals surface area (Å²) in [5.41, 5.74) is 1.30. The Balaban J connectivity index is 1.80. The molecule has 1 heterocycles. The van der Waals surface area contributed by atoms with Crippen LogP contribution in [0.25, 0.3) is 0 Å². The van der Waals surface area contributed by atoms with Gasteiger partial charge in [-0.2, -0.15) is 0 Å². The Hall–Kier alpha value is -1.92. The number of nitrogens with zero attached hydrogens (tertiary/aromatic N) is 1. The topological polar surface area (TPSA) is 77.4 Å². The first-order valence-electron chi connectivity index (χ1n) is 5.82. The average Bonchev–Trinajstić information content (AvgIpc) is 2.81. The summed E-state index contributed by atoms with van der Waals surface area (Å²) in [6.07, 6.45) is -2.22. The Bertz CT molecular complexity index is 459. The summed E-state index contributed by atoms with van der Waals surface area (Å²) >= 11 is 0. The molecule has 19 heavy (non-hydrogen) atoms. The van der Waals surface area contributed by atoms with Crippen molar-refractivity contribution in [3.8, 4) is 0 Å². The van der Waals surface area contributed by atoms with E-state index in [4.69, 9.17) is 9.57 Å². The summed E-state index contributed by atoms with van der Waals surface area (Å²) in [6.45, 7) is 0.499. The van der Waals surface area contributed by atoms with Crippen molar-refractivity contribution in [2.75, 3.05) is 13.7 Å². The van der Waals surface area contributed by atoms with Crippen LogP contribution in [0, 0.1) is 0 Å².